The summed E-state index contributed by atoms with van der Waals surface area (Å²) in [4.78, 5) is 0. The lowest BCUT2D eigenvalue weighted by atomic mass is 10.3. The van der Waals surface area contributed by atoms with Gasteiger partial charge in [0.25, 0.3) is 0 Å². The van der Waals surface area contributed by atoms with Crippen molar-refractivity contribution in [2.75, 3.05) is 23.9 Å². The molecule has 0 atom stereocenters. The van der Waals surface area contributed by atoms with Gasteiger partial charge in [0.2, 0.25) is 0 Å². The first-order valence-corrected chi connectivity index (χ1v) is 7.10. The van der Waals surface area contributed by atoms with E-state index in [4.69, 9.17) is 0 Å². The molecule has 0 aliphatic heterocycles. The first-order valence-electron chi connectivity index (χ1n) is 4.92. The Morgan fingerprint density at radius 2 is 2.20 bits per heavy atom. The minimum atomic E-state index is -0.218. The molecule has 0 spiro atoms. The third-order valence-corrected chi connectivity index (χ3v) is 3.36. The number of anilines is 1. The molecule has 1 N–H and O–H groups in total. The molecule has 1 aromatic rings. The van der Waals surface area contributed by atoms with Gasteiger partial charge in [0.1, 0.15) is 5.82 Å². The van der Waals surface area contributed by atoms with Crippen molar-refractivity contribution < 1.29 is 4.39 Å². The molecular formula is C11H15BrFNS. The largest absolute Gasteiger partial charge is 0.385 e. The van der Waals surface area contributed by atoms with Crippen LogP contribution in [0, 0.1) is 5.82 Å². The molecule has 15 heavy (non-hydrogen) atoms. The second-order valence-corrected chi connectivity index (χ2v) is 5.10. The molecule has 84 valence electrons. The molecule has 1 nitrogen and oxygen atoms in total. The van der Waals surface area contributed by atoms with E-state index in [0.29, 0.717) is 4.47 Å². The number of halogens is 2. The molecule has 0 saturated heterocycles. The van der Waals surface area contributed by atoms with Gasteiger partial charge in [-0.3, -0.25) is 0 Å². The number of unbranched alkanes of at least 4 members (excludes halogenated alkanes) is 1. The number of hydrogen-bond acceptors (Lipinski definition) is 2. The molecule has 1 rings (SSSR count). The third kappa shape index (κ3) is 4.89. The number of nitrogens with one attached hydrogen (secondary N) is 1. The highest BCUT2D eigenvalue weighted by atomic mass is 79.9. The van der Waals surface area contributed by atoms with Gasteiger partial charge in [0, 0.05) is 12.2 Å². The Kier molecular flexibility index (Phi) is 6.10. The fourth-order valence-electron chi connectivity index (χ4n) is 1.21. The van der Waals surface area contributed by atoms with Gasteiger partial charge < -0.3 is 5.32 Å². The zero-order valence-corrected chi connectivity index (χ0v) is 11.1. The molecule has 0 aromatic heterocycles. The van der Waals surface area contributed by atoms with E-state index in [9.17, 15) is 4.39 Å². The normalized spacial score (nSPS) is 10.3. The van der Waals surface area contributed by atoms with Crippen LogP contribution in [-0.4, -0.2) is 18.6 Å². The fourth-order valence-corrected chi connectivity index (χ4v) is 1.95. The highest BCUT2D eigenvalue weighted by Crippen LogP contribution is 2.19. The zero-order chi connectivity index (χ0) is 11.1. The molecule has 0 bridgehead atoms. The maximum atomic E-state index is 13.1. The third-order valence-electron chi connectivity index (χ3n) is 2.02. The van der Waals surface area contributed by atoms with Gasteiger partial charge in [-0.05, 0) is 59.0 Å². The Labute approximate surface area is 103 Å². The second kappa shape index (κ2) is 7.12. The van der Waals surface area contributed by atoms with Crippen LogP contribution in [0.2, 0.25) is 0 Å². The van der Waals surface area contributed by atoms with Crippen molar-refractivity contribution in [1.29, 1.82) is 0 Å². The highest BCUT2D eigenvalue weighted by Gasteiger charge is 1.99. The van der Waals surface area contributed by atoms with E-state index < -0.39 is 0 Å². The van der Waals surface area contributed by atoms with Crippen LogP contribution in [0.5, 0.6) is 0 Å². The molecule has 0 radical (unpaired) electrons. The van der Waals surface area contributed by atoms with E-state index in [-0.39, 0.29) is 5.82 Å². The van der Waals surface area contributed by atoms with Crippen molar-refractivity contribution in [3.05, 3.63) is 28.5 Å². The maximum Gasteiger partial charge on any atom is 0.139 e. The summed E-state index contributed by atoms with van der Waals surface area (Å²) >= 11 is 4.98. The minimum absolute atomic E-state index is 0.218. The Morgan fingerprint density at radius 3 is 2.87 bits per heavy atom. The quantitative estimate of drug-likeness (QED) is 0.791. The summed E-state index contributed by atoms with van der Waals surface area (Å²) < 4.78 is 13.6. The second-order valence-electron chi connectivity index (χ2n) is 3.26. The van der Waals surface area contributed by atoms with Crippen LogP contribution >= 0.6 is 27.7 Å². The SMILES string of the molecule is CSCCCCNc1ccc(Br)c(F)c1. The van der Waals surface area contributed by atoms with Gasteiger partial charge in [-0.25, -0.2) is 4.39 Å². The van der Waals surface area contributed by atoms with E-state index in [0.717, 1.165) is 18.7 Å². The molecule has 0 aliphatic carbocycles. The van der Waals surface area contributed by atoms with Crippen molar-refractivity contribution in [3.8, 4) is 0 Å². The van der Waals surface area contributed by atoms with Crippen molar-refractivity contribution in [2.24, 2.45) is 0 Å². The van der Waals surface area contributed by atoms with Crippen LogP contribution in [0.1, 0.15) is 12.8 Å². The summed E-state index contributed by atoms with van der Waals surface area (Å²) in [6, 6.07) is 5.11. The van der Waals surface area contributed by atoms with Crippen LogP contribution in [-0.2, 0) is 0 Å². The summed E-state index contributed by atoms with van der Waals surface area (Å²) in [6.45, 7) is 0.904. The molecular weight excluding hydrogens is 277 g/mol. The Hall–Kier alpha value is -0.220. The lowest BCUT2D eigenvalue weighted by Crippen LogP contribution is -2.02. The first kappa shape index (κ1) is 12.8. The maximum absolute atomic E-state index is 13.1. The number of benzene rings is 1. The summed E-state index contributed by atoms with van der Waals surface area (Å²) in [5.41, 5.74) is 0.847. The summed E-state index contributed by atoms with van der Waals surface area (Å²) in [7, 11) is 0. The molecule has 0 unspecified atom stereocenters. The van der Waals surface area contributed by atoms with Crippen LogP contribution in [0.25, 0.3) is 0 Å². The average Bonchev–Trinajstić information content (AvgIpc) is 2.23. The summed E-state index contributed by atoms with van der Waals surface area (Å²) in [5, 5.41) is 3.20. The Morgan fingerprint density at radius 1 is 1.40 bits per heavy atom. The van der Waals surface area contributed by atoms with Gasteiger partial charge >= 0.3 is 0 Å². The standard InChI is InChI=1S/C11H15BrFNS/c1-15-7-3-2-6-14-9-4-5-10(12)11(13)8-9/h4-5,8,14H,2-3,6-7H2,1H3. The van der Waals surface area contributed by atoms with Gasteiger partial charge in [0.15, 0.2) is 0 Å². The summed E-state index contributed by atoms with van der Waals surface area (Å²) in [5.74, 6) is 0.972. The van der Waals surface area contributed by atoms with E-state index in [2.05, 4.69) is 27.5 Å². The number of thioether (sulfide) groups is 1. The molecule has 1 aromatic carbocycles. The molecule has 0 aliphatic rings. The number of rotatable bonds is 6. The summed E-state index contributed by atoms with van der Waals surface area (Å²) in [6.07, 6.45) is 4.43. The van der Waals surface area contributed by atoms with E-state index in [1.165, 1.54) is 18.2 Å². The lowest BCUT2D eigenvalue weighted by molar-refractivity contribution is 0.621. The van der Waals surface area contributed by atoms with E-state index in [1.54, 1.807) is 6.07 Å². The van der Waals surface area contributed by atoms with Crippen molar-refractivity contribution in [2.45, 2.75) is 12.8 Å². The molecule has 0 saturated carbocycles. The minimum Gasteiger partial charge on any atom is -0.385 e. The van der Waals surface area contributed by atoms with Crippen molar-refractivity contribution in [3.63, 3.8) is 0 Å². The lowest BCUT2D eigenvalue weighted by Gasteiger charge is -2.06. The Balaban J connectivity index is 2.28. The van der Waals surface area contributed by atoms with Gasteiger partial charge in [-0.15, -0.1) is 0 Å². The fraction of sp³-hybridized carbons (Fsp3) is 0.455. The Bertz CT molecular complexity index is 307. The molecule has 0 heterocycles. The highest BCUT2D eigenvalue weighted by molar-refractivity contribution is 9.10. The number of hydrogen-bond donors (Lipinski definition) is 1. The van der Waals surface area contributed by atoms with Crippen molar-refractivity contribution >= 4 is 33.4 Å². The first-order chi connectivity index (χ1) is 7.24. The van der Waals surface area contributed by atoms with Crippen molar-refractivity contribution in [1.82, 2.24) is 0 Å². The average molecular weight is 292 g/mol. The van der Waals surface area contributed by atoms with Crippen LogP contribution in [0.4, 0.5) is 10.1 Å². The molecule has 0 fully saturated rings. The topological polar surface area (TPSA) is 12.0 Å². The van der Waals surface area contributed by atoms with Gasteiger partial charge in [-0.1, -0.05) is 0 Å². The van der Waals surface area contributed by atoms with Crippen LogP contribution in [0.15, 0.2) is 22.7 Å². The van der Waals surface area contributed by atoms with E-state index in [1.807, 2.05) is 17.8 Å². The predicted molar refractivity (Wildman–Crippen MR) is 70.2 cm³/mol. The molecule has 0 amide bonds. The van der Waals surface area contributed by atoms with Gasteiger partial charge in [0.05, 0.1) is 4.47 Å². The molecule has 4 heteroatoms. The van der Waals surface area contributed by atoms with Gasteiger partial charge in [-0.2, -0.15) is 11.8 Å². The van der Waals surface area contributed by atoms with E-state index >= 15 is 0 Å². The predicted octanol–water partition coefficient (Wildman–Crippen LogP) is 4.14. The monoisotopic (exact) mass is 291 g/mol. The van der Waals surface area contributed by atoms with Crippen LogP contribution < -0.4 is 5.32 Å². The zero-order valence-electron chi connectivity index (χ0n) is 8.72. The smallest absolute Gasteiger partial charge is 0.139 e. The van der Waals surface area contributed by atoms with Crippen LogP contribution in [0.3, 0.4) is 0 Å².